The molecule has 126 valence electrons. The maximum atomic E-state index is 12.5. The normalized spacial score (nSPS) is 18.7. The Morgan fingerprint density at radius 1 is 1.26 bits per heavy atom. The van der Waals surface area contributed by atoms with Crippen LogP contribution in [0.4, 0.5) is 18.9 Å². The molecule has 1 aliphatic rings. The van der Waals surface area contributed by atoms with Crippen LogP contribution in [0.5, 0.6) is 0 Å². The van der Waals surface area contributed by atoms with Crippen molar-refractivity contribution in [1.29, 1.82) is 0 Å². The quantitative estimate of drug-likeness (QED) is 0.864. The van der Waals surface area contributed by atoms with Gasteiger partial charge in [0.15, 0.2) is 0 Å². The Morgan fingerprint density at radius 2 is 1.96 bits per heavy atom. The number of hydrogen-bond donors (Lipinski definition) is 1. The molecule has 0 aliphatic carbocycles. The van der Waals surface area contributed by atoms with Crippen LogP contribution in [0.15, 0.2) is 18.2 Å². The van der Waals surface area contributed by atoms with E-state index < -0.39 is 23.9 Å². The second-order valence-corrected chi connectivity index (χ2v) is 6.05. The maximum Gasteiger partial charge on any atom is 0.471 e. The molecule has 2 amide bonds. The topological polar surface area (TPSA) is 49.4 Å². The van der Waals surface area contributed by atoms with Crippen molar-refractivity contribution in [3.8, 4) is 0 Å². The van der Waals surface area contributed by atoms with Gasteiger partial charge in [0.25, 0.3) is 0 Å². The Balaban J connectivity index is 2.03. The molecule has 1 fully saturated rings. The Morgan fingerprint density at radius 3 is 2.57 bits per heavy atom. The highest BCUT2D eigenvalue weighted by molar-refractivity contribution is 6.36. The van der Waals surface area contributed by atoms with Crippen LogP contribution in [0.1, 0.15) is 12.8 Å². The molecule has 0 bridgehead atoms. The van der Waals surface area contributed by atoms with Crippen LogP contribution >= 0.6 is 23.2 Å². The molecule has 1 heterocycles. The number of hydrogen-bond acceptors (Lipinski definition) is 2. The summed E-state index contributed by atoms with van der Waals surface area (Å²) in [6.07, 6.45) is -4.20. The summed E-state index contributed by atoms with van der Waals surface area (Å²) >= 11 is 11.7. The molecule has 23 heavy (non-hydrogen) atoms. The second kappa shape index (κ2) is 6.97. The zero-order chi connectivity index (χ0) is 17.2. The Kier molecular flexibility index (Phi) is 5.41. The van der Waals surface area contributed by atoms with Crippen LogP contribution in [0, 0.1) is 5.92 Å². The molecular weight excluding hydrogens is 356 g/mol. The number of benzene rings is 1. The molecule has 1 aromatic rings. The van der Waals surface area contributed by atoms with Crippen molar-refractivity contribution in [2.45, 2.75) is 19.0 Å². The van der Waals surface area contributed by atoms with Crippen LogP contribution in [0.25, 0.3) is 0 Å². The predicted octanol–water partition coefficient (Wildman–Crippen LogP) is 3.73. The highest BCUT2D eigenvalue weighted by atomic mass is 35.5. The number of carbonyl (C=O) groups is 2. The third-order valence-electron chi connectivity index (χ3n) is 3.51. The van der Waals surface area contributed by atoms with E-state index in [4.69, 9.17) is 23.2 Å². The van der Waals surface area contributed by atoms with Crippen molar-refractivity contribution >= 4 is 40.7 Å². The first-order valence-corrected chi connectivity index (χ1v) is 7.56. The van der Waals surface area contributed by atoms with Gasteiger partial charge in [0, 0.05) is 18.1 Å². The summed E-state index contributed by atoms with van der Waals surface area (Å²) in [6.45, 7) is -0.279. The lowest BCUT2D eigenvalue weighted by Crippen LogP contribution is -2.48. The molecule has 0 spiro atoms. The number of carbonyl (C=O) groups excluding carboxylic acids is 2. The fourth-order valence-electron chi connectivity index (χ4n) is 2.38. The summed E-state index contributed by atoms with van der Waals surface area (Å²) in [5.74, 6) is -3.12. The minimum Gasteiger partial charge on any atom is -0.334 e. The molecule has 1 aromatic carbocycles. The molecule has 1 saturated heterocycles. The average Bonchev–Trinajstić information content (AvgIpc) is 2.48. The number of rotatable bonds is 2. The highest BCUT2D eigenvalue weighted by Gasteiger charge is 2.44. The van der Waals surface area contributed by atoms with E-state index >= 15 is 0 Å². The van der Waals surface area contributed by atoms with E-state index in [1.807, 2.05) is 0 Å². The van der Waals surface area contributed by atoms with E-state index in [0.29, 0.717) is 28.5 Å². The molecule has 1 N–H and O–H groups in total. The fraction of sp³-hybridized carbons (Fsp3) is 0.429. The van der Waals surface area contributed by atoms with Gasteiger partial charge < -0.3 is 10.2 Å². The summed E-state index contributed by atoms with van der Waals surface area (Å²) in [6, 6.07) is 4.48. The molecular formula is C14H13Cl2F3N2O2. The van der Waals surface area contributed by atoms with Crippen molar-refractivity contribution in [2.75, 3.05) is 18.4 Å². The zero-order valence-electron chi connectivity index (χ0n) is 11.8. The average molecular weight is 369 g/mol. The maximum absolute atomic E-state index is 12.5. The zero-order valence-corrected chi connectivity index (χ0v) is 13.3. The molecule has 2 rings (SSSR count). The summed E-state index contributed by atoms with van der Waals surface area (Å²) < 4.78 is 37.4. The van der Waals surface area contributed by atoms with E-state index in [9.17, 15) is 22.8 Å². The third-order valence-corrected chi connectivity index (χ3v) is 4.06. The summed E-state index contributed by atoms with van der Waals surface area (Å²) in [7, 11) is 0. The molecule has 1 aliphatic heterocycles. The van der Waals surface area contributed by atoms with Crippen LogP contribution in [-0.2, 0) is 9.59 Å². The van der Waals surface area contributed by atoms with E-state index in [0.717, 1.165) is 0 Å². The monoisotopic (exact) mass is 368 g/mol. The van der Waals surface area contributed by atoms with Gasteiger partial charge >= 0.3 is 12.1 Å². The van der Waals surface area contributed by atoms with Gasteiger partial charge in [-0.1, -0.05) is 23.2 Å². The minimum absolute atomic E-state index is 0.0101. The number of likely N-dealkylation sites (tertiary alicyclic amines) is 1. The Hall–Kier alpha value is -1.47. The van der Waals surface area contributed by atoms with E-state index in [-0.39, 0.29) is 18.1 Å². The van der Waals surface area contributed by atoms with Crippen molar-refractivity contribution in [1.82, 2.24) is 4.90 Å². The number of nitrogens with one attached hydrogen (secondary N) is 1. The number of amides is 2. The summed E-state index contributed by atoms with van der Waals surface area (Å²) in [5, 5.41) is 3.18. The van der Waals surface area contributed by atoms with Gasteiger partial charge in [-0.15, -0.1) is 0 Å². The number of anilines is 1. The molecule has 1 unspecified atom stereocenters. The Labute approximate surface area is 140 Å². The molecule has 0 radical (unpaired) electrons. The van der Waals surface area contributed by atoms with Gasteiger partial charge in [-0.25, -0.2) is 0 Å². The lowest BCUT2D eigenvalue weighted by molar-refractivity contribution is -0.187. The third kappa shape index (κ3) is 4.51. The molecule has 4 nitrogen and oxygen atoms in total. The van der Waals surface area contributed by atoms with Gasteiger partial charge in [0.2, 0.25) is 5.91 Å². The summed E-state index contributed by atoms with van der Waals surface area (Å²) in [5.41, 5.74) is 0.320. The number of nitrogens with zero attached hydrogens (tertiary/aromatic N) is 1. The lowest BCUT2D eigenvalue weighted by Gasteiger charge is -2.32. The molecule has 9 heteroatoms. The minimum atomic E-state index is -4.93. The number of alkyl halides is 3. The van der Waals surface area contributed by atoms with Crippen molar-refractivity contribution in [3.63, 3.8) is 0 Å². The van der Waals surface area contributed by atoms with Crippen molar-refractivity contribution < 1.29 is 22.8 Å². The van der Waals surface area contributed by atoms with E-state index in [1.165, 1.54) is 18.2 Å². The van der Waals surface area contributed by atoms with Crippen molar-refractivity contribution in [2.24, 2.45) is 5.92 Å². The molecule has 1 atom stereocenters. The summed E-state index contributed by atoms with van der Waals surface area (Å²) in [4.78, 5) is 24.1. The smallest absolute Gasteiger partial charge is 0.334 e. The van der Waals surface area contributed by atoms with Crippen LogP contribution < -0.4 is 5.32 Å². The van der Waals surface area contributed by atoms with E-state index in [1.54, 1.807) is 0 Å². The van der Waals surface area contributed by atoms with Gasteiger partial charge in [-0.3, -0.25) is 9.59 Å². The highest BCUT2D eigenvalue weighted by Crippen LogP contribution is 2.28. The van der Waals surface area contributed by atoms with Crippen LogP contribution in [0.3, 0.4) is 0 Å². The van der Waals surface area contributed by atoms with Crippen LogP contribution in [-0.4, -0.2) is 36.0 Å². The van der Waals surface area contributed by atoms with Gasteiger partial charge in [-0.2, -0.15) is 13.2 Å². The largest absolute Gasteiger partial charge is 0.471 e. The molecule has 0 saturated carbocycles. The van der Waals surface area contributed by atoms with Crippen LogP contribution in [0.2, 0.25) is 10.0 Å². The Bertz CT molecular complexity index is 623. The first kappa shape index (κ1) is 17.9. The molecule has 0 aromatic heterocycles. The van der Waals surface area contributed by atoms with Gasteiger partial charge in [-0.05, 0) is 31.0 Å². The lowest BCUT2D eigenvalue weighted by atomic mass is 9.97. The van der Waals surface area contributed by atoms with Gasteiger partial charge in [0.1, 0.15) is 0 Å². The standard InChI is InChI=1S/C14H13Cl2F3N2O2/c15-9-3-4-11(10(16)6-9)20-12(22)8-2-1-5-21(7-8)13(23)14(17,18)19/h3-4,6,8H,1-2,5,7H2,(H,20,22). The number of halogens is 5. The first-order valence-electron chi connectivity index (χ1n) is 6.80. The first-order chi connectivity index (χ1) is 10.7. The van der Waals surface area contributed by atoms with Crippen molar-refractivity contribution in [3.05, 3.63) is 28.2 Å². The van der Waals surface area contributed by atoms with Gasteiger partial charge in [0.05, 0.1) is 16.6 Å². The fourth-order valence-corrected chi connectivity index (χ4v) is 2.84. The SMILES string of the molecule is O=C(Nc1ccc(Cl)cc1Cl)C1CCCN(C(=O)C(F)(F)F)C1. The van der Waals surface area contributed by atoms with E-state index in [2.05, 4.69) is 5.32 Å². The number of piperidine rings is 1. The predicted molar refractivity (Wildman–Crippen MR) is 80.5 cm³/mol. The second-order valence-electron chi connectivity index (χ2n) is 5.20.